The molecule has 0 bridgehead atoms. The van der Waals surface area contributed by atoms with Gasteiger partial charge in [0.25, 0.3) is 0 Å². The molecule has 1 unspecified atom stereocenters. The number of benzene rings is 1. The van der Waals surface area contributed by atoms with Crippen molar-refractivity contribution >= 4 is 35.2 Å². The Morgan fingerprint density at radius 1 is 1.45 bits per heavy atom. The van der Waals surface area contributed by atoms with Crippen molar-refractivity contribution < 1.29 is 14.6 Å². The minimum atomic E-state index is -0.315. The van der Waals surface area contributed by atoms with E-state index < -0.39 is 0 Å². The molecule has 0 aliphatic carbocycles. The normalized spacial score (nSPS) is 19.6. The van der Waals surface area contributed by atoms with Crippen LogP contribution in [0.2, 0.25) is 10.0 Å². The molecule has 1 N–H and O–H groups in total. The first-order chi connectivity index (χ1) is 9.61. The Balaban J connectivity index is 2.05. The first-order valence-electron chi connectivity index (χ1n) is 6.25. The molecule has 4 nitrogen and oxygen atoms in total. The Morgan fingerprint density at radius 3 is 2.80 bits per heavy atom. The molecule has 1 amide bonds. The summed E-state index contributed by atoms with van der Waals surface area (Å²) >= 11 is 12.1. The summed E-state index contributed by atoms with van der Waals surface area (Å²) in [5.74, 6) is -0.150. The van der Waals surface area contributed by atoms with Crippen LogP contribution < -0.4 is 0 Å². The molecule has 0 aromatic heterocycles. The minimum absolute atomic E-state index is 0.0934. The number of rotatable bonds is 3. The Kier molecular flexibility index (Phi) is 5.43. The first-order valence-corrected chi connectivity index (χ1v) is 7.01. The van der Waals surface area contributed by atoms with Gasteiger partial charge >= 0.3 is 0 Å². The number of aliphatic hydroxyl groups is 1. The summed E-state index contributed by atoms with van der Waals surface area (Å²) in [5.41, 5.74) is 0.621. The highest BCUT2D eigenvalue weighted by atomic mass is 35.5. The van der Waals surface area contributed by atoms with Crippen LogP contribution in [0.3, 0.4) is 0 Å². The van der Waals surface area contributed by atoms with Crippen molar-refractivity contribution in [3.8, 4) is 0 Å². The molecule has 108 valence electrons. The predicted molar refractivity (Wildman–Crippen MR) is 78.9 cm³/mol. The average molecular weight is 316 g/mol. The van der Waals surface area contributed by atoms with Crippen LogP contribution in [0.25, 0.3) is 6.08 Å². The molecule has 1 aliphatic rings. The second kappa shape index (κ2) is 7.09. The van der Waals surface area contributed by atoms with Crippen LogP contribution in [0, 0.1) is 0 Å². The number of hydrogen-bond acceptors (Lipinski definition) is 3. The lowest BCUT2D eigenvalue weighted by molar-refractivity contribution is -0.134. The van der Waals surface area contributed by atoms with Crippen molar-refractivity contribution in [2.45, 2.75) is 6.10 Å². The maximum atomic E-state index is 12.1. The maximum Gasteiger partial charge on any atom is 0.246 e. The third-order valence-corrected chi connectivity index (χ3v) is 3.71. The third-order valence-electron chi connectivity index (χ3n) is 3.05. The van der Waals surface area contributed by atoms with Gasteiger partial charge in [0.05, 0.1) is 19.3 Å². The number of hydrogen-bond donors (Lipinski definition) is 1. The van der Waals surface area contributed by atoms with Gasteiger partial charge in [0.2, 0.25) is 5.91 Å². The van der Waals surface area contributed by atoms with Gasteiger partial charge in [0.15, 0.2) is 0 Å². The van der Waals surface area contributed by atoms with E-state index in [2.05, 4.69) is 0 Å². The monoisotopic (exact) mass is 315 g/mol. The number of aliphatic hydroxyl groups excluding tert-OH is 1. The van der Waals surface area contributed by atoms with Crippen LogP contribution in [0.15, 0.2) is 24.3 Å². The maximum absolute atomic E-state index is 12.1. The summed E-state index contributed by atoms with van der Waals surface area (Å²) in [6.45, 7) is 1.23. The quantitative estimate of drug-likeness (QED) is 0.870. The molecule has 1 aliphatic heterocycles. The lowest BCUT2D eigenvalue weighted by Gasteiger charge is -2.31. The summed E-state index contributed by atoms with van der Waals surface area (Å²) in [6.07, 6.45) is 2.73. The standard InChI is InChI=1S/C14H15Cl2NO3/c15-12-2-1-3-13(16)11(12)4-5-14(19)17-6-7-20-10(8-17)9-18/h1-5,10,18H,6-9H2/b5-4+. The molecule has 1 heterocycles. The zero-order valence-corrected chi connectivity index (χ0v) is 12.3. The van der Waals surface area contributed by atoms with Crippen molar-refractivity contribution in [3.05, 3.63) is 39.9 Å². The highest BCUT2D eigenvalue weighted by Gasteiger charge is 2.22. The van der Waals surface area contributed by atoms with E-state index in [1.54, 1.807) is 29.2 Å². The molecule has 1 aromatic carbocycles. The molecular weight excluding hydrogens is 301 g/mol. The van der Waals surface area contributed by atoms with Gasteiger partial charge < -0.3 is 14.7 Å². The fraction of sp³-hybridized carbons (Fsp3) is 0.357. The van der Waals surface area contributed by atoms with Gasteiger partial charge in [-0.1, -0.05) is 29.3 Å². The van der Waals surface area contributed by atoms with Crippen LogP contribution in [-0.2, 0) is 9.53 Å². The van der Waals surface area contributed by atoms with E-state index in [1.165, 1.54) is 6.08 Å². The Bertz CT molecular complexity index is 499. The van der Waals surface area contributed by atoms with Gasteiger partial charge in [-0.05, 0) is 18.2 Å². The second-order valence-electron chi connectivity index (χ2n) is 4.43. The van der Waals surface area contributed by atoms with Gasteiger partial charge in [-0.15, -0.1) is 0 Å². The third kappa shape index (κ3) is 3.73. The zero-order valence-electron chi connectivity index (χ0n) is 10.8. The lowest BCUT2D eigenvalue weighted by Crippen LogP contribution is -2.46. The Hall–Kier alpha value is -1.07. The highest BCUT2D eigenvalue weighted by Crippen LogP contribution is 2.25. The average Bonchev–Trinajstić information content (AvgIpc) is 2.46. The number of amides is 1. The summed E-state index contributed by atoms with van der Waals surface area (Å²) in [4.78, 5) is 13.7. The highest BCUT2D eigenvalue weighted by molar-refractivity contribution is 6.37. The Labute approximate surface area is 127 Å². The summed E-state index contributed by atoms with van der Waals surface area (Å²) in [7, 11) is 0. The molecule has 2 rings (SSSR count). The van der Waals surface area contributed by atoms with Crippen molar-refractivity contribution in [2.75, 3.05) is 26.3 Å². The zero-order chi connectivity index (χ0) is 14.5. The van der Waals surface area contributed by atoms with E-state index >= 15 is 0 Å². The van der Waals surface area contributed by atoms with Gasteiger partial charge in [0, 0.05) is 34.8 Å². The summed E-state index contributed by atoms with van der Waals surface area (Å²) in [5, 5.41) is 10.0. The molecule has 0 saturated carbocycles. The smallest absolute Gasteiger partial charge is 0.246 e. The molecule has 1 fully saturated rings. The summed E-state index contributed by atoms with van der Waals surface area (Å²) in [6, 6.07) is 5.18. The van der Waals surface area contributed by atoms with Crippen LogP contribution in [0.1, 0.15) is 5.56 Å². The number of halogens is 2. The van der Waals surface area contributed by atoms with Crippen LogP contribution in [0.4, 0.5) is 0 Å². The van der Waals surface area contributed by atoms with Crippen molar-refractivity contribution in [3.63, 3.8) is 0 Å². The Morgan fingerprint density at radius 2 is 2.15 bits per heavy atom. The molecule has 6 heteroatoms. The van der Waals surface area contributed by atoms with Crippen LogP contribution >= 0.6 is 23.2 Å². The number of carbonyl (C=O) groups excluding carboxylic acids is 1. The van der Waals surface area contributed by atoms with Crippen molar-refractivity contribution in [2.24, 2.45) is 0 Å². The molecule has 1 atom stereocenters. The van der Waals surface area contributed by atoms with Gasteiger partial charge in [0.1, 0.15) is 0 Å². The first kappa shape index (κ1) is 15.3. The van der Waals surface area contributed by atoms with Gasteiger partial charge in [-0.2, -0.15) is 0 Å². The minimum Gasteiger partial charge on any atom is -0.394 e. The van der Waals surface area contributed by atoms with E-state index in [1.807, 2.05) is 0 Å². The molecule has 20 heavy (non-hydrogen) atoms. The largest absolute Gasteiger partial charge is 0.394 e. The van der Waals surface area contributed by atoms with E-state index in [0.29, 0.717) is 35.3 Å². The fourth-order valence-corrected chi connectivity index (χ4v) is 2.48. The van der Waals surface area contributed by atoms with E-state index in [0.717, 1.165) is 0 Å². The van der Waals surface area contributed by atoms with Crippen LogP contribution in [-0.4, -0.2) is 48.3 Å². The van der Waals surface area contributed by atoms with Crippen molar-refractivity contribution in [1.29, 1.82) is 0 Å². The lowest BCUT2D eigenvalue weighted by atomic mass is 10.2. The summed E-state index contributed by atoms with van der Waals surface area (Å²) < 4.78 is 5.30. The van der Waals surface area contributed by atoms with Crippen LogP contribution in [0.5, 0.6) is 0 Å². The van der Waals surface area contributed by atoms with Gasteiger partial charge in [-0.25, -0.2) is 0 Å². The topological polar surface area (TPSA) is 49.8 Å². The van der Waals surface area contributed by atoms with E-state index in [-0.39, 0.29) is 18.6 Å². The van der Waals surface area contributed by atoms with Crippen molar-refractivity contribution in [1.82, 2.24) is 4.90 Å². The molecule has 0 spiro atoms. The van der Waals surface area contributed by atoms with Gasteiger partial charge in [-0.3, -0.25) is 4.79 Å². The molecule has 1 aromatic rings. The second-order valence-corrected chi connectivity index (χ2v) is 5.24. The molecule has 0 radical (unpaired) electrons. The fourth-order valence-electron chi connectivity index (χ4n) is 1.96. The van der Waals surface area contributed by atoms with E-state index in [4.69, 9.17) is 33.0 Å². The molecule has 1 saturated heterocycles. The molecular formula is C14H15Cl2NO3. The predicted octanol–water partition coefficient (Wildman–Crippen LogP) is 2.23. The number of carbonyl (C=O) groups is 1. The number of nitrogens with zero attached hydrogens (tertiary/aromatic N) is 1. The SMILES string of the molecule is O=C(/C=C/c1c(Cl)cccc1Cl)N1CCOC(CO)C1. The number of ether oxygens (including phenoxy) is 1. The number of morpholine rings is 1. The van der Waals surface area contributed by atoms with E-state index in [9.17, 15) is 4.79 Å².